The number of hydrogen-bond donors (Lipinski definition) is 2. The molecular formula is C26H25N3O9. The maximum Gasteiger partial charge on any atom is 0.299 e. The zero-order valence-electron chi connectivity index (χ0n) is 20.0. The van der Waals surface area contributed by atoms with Crippen LogP contribution in [0.25, 0.3) is 0 Å². The topological polar surface area (TPSA) is 155 Å². The van der Waals surface area contributed by atoms with E-state index >= 15 is 0 Å². The van der Waals surface area contributed by atoms with Crippen LogP contribution >= 0.6 is 0 Å². The van der Waals surface area contributed by atoms with E-state index in [1.807, 2.05) is 60.7 Å². The normalized spacial score (nSPS) is 26.8. The molecule has 0 spiro atoms. The van der Waals surface area contributed by atoms with Crippen LogP contribution < -0.4 is 5.32 Å². The van der Waals surface area contributed by atoms with E-state index in [2.05, 4.69) is 5.32 Å². The molecule has 5 rings (SSSR count). The zero-order chi connectivity index (χ0) is 26.6. The molecule has 198 valence electrons. The highest BCUT2D eigenvalue weighted by Crippen LogP contribution is 2.37. The fourth-order valence-corrected chi connectivity index (χ4v) is 4.51. The fourth-order valence-electron chi connectivity index (χ4n) is 4.51. The minimum absolute atomic E-state index is 0.0355. The molecule has 12 heteroatoms. The van der Waals surface area contributed by atoms with Crippen molar-refractivity contribution in [1.29, 1.82) is 0 Å². The zero-order valence-corrected chi connectivity index (χ0v) is 20.0. The maximum atomic E-state index is 11.7. The van der Waals surface area contributed by atoms with Crippen LogP contribution in [0.3, 0.4) is 0 Å². The molecule has 0 bridgehead atoms. The van der Waals surface area contributed by atoms with Crippen LogP contribution in [0.4, 0.5) is 17.1 Å². The molecule has 3 aromatic carbocycles. The van der Waals surface area contributed by atoms with Crippen molar-refractivity contribution in [2.24, 2.45) is 0 Å². The third-order valence-corrected chi connectivity index (χ3v) is 6.41. The van der Waals surface area contributed by atoms with E-state index in [9.17, 15) is 25.3 Å². The van der Waals surface area contributed by atoms with E-state index in [4.69, 9.17) is 18.9 Å². The van der Waals surface area contributed by atoms with Crippen molar-refractivity contribution in [2.75, 3.05) is 11.9 Å². The van der Waals surface area contributed by atoms with Gasteiger partial charge < -0.3 is 29.4 Å². The molecule has 2 N–H and O–H groups in total. The average molecular weight is 523 g/mol. The largest absolute Gasteiger partial charge is 0.388 e. The summed E-state index contributed by atoms with van der Waals surface area (Å²) in [5.41, 5.74) is 0.624. The third kappa shape index (κ3) is 5.49. The van der Waals surface area contributed by atoms with E-state index < -0.39 is 58.2 Å². The van der Waals surface area contributed by atoms with Crippen molar-refractivity contribution in [1.82, 2.24) is 0 Å². The molecule has 2 aliphatic heterocycles. The number of nitro groups is 2. The van der Waals surface area contributed by atoms with Gasteiger partial charge in [-0.15, -0.1) is 0 Å². The minimum atomic E-state index is -1.24. The quantitative estimate of drug-likeness (QED) is 0.330. The lowest BCUT2D eigenvalue weighted by molar-refractivity contribution is -0.393. The molecule has 0 radical (unpaired) electrons. The van der Waals surface area contributed by atoms with Crippen molar-refractivity contribution >= 4 is 17.1 Å². The van der Waals surface area contributed by atoms with Crippen LogP contribution in [0.2, 0.25) is 0 Å². The molecule has 3 aromatic rings. The van der Waals surface area contributed by atoms with Gasteiger partial charge in [-0.25, -0.2) is 0 Å². The van der Waals surface area contributed by atoms with Crippen LogP contribution in [0.1, 0.15) is 17.4 Å². The van der Waals surface area contributed by atoms with E-state index in [1.165, 1.54) is 6.07 Å². The van der Waals surface area contributed by atoms with Gasteiger partial charge in [0.2, 0.25) is 0 Å². The first-order valence-corrected chi connectivity index (χ1v) is 11.9. The smallest absolute Gasteiger partial charge is 0.299 e. The molecule has 0 aliphatic carbocycles. The van der Waals surface area contributed by atoms with E-state index in [0.29, 0.717) is 0 Å². The molecule has 0 aromatic heterocycles. The summed E-state index contributed by atoms with van der Waals surface area (Å²) in [6.45, 7) is 0.265. The highest BCUT2D eigenvalue weighted by Gasteiger charge is 2.50. The van der Waals surface area contributed by atoms with Gasteiger partial charge in [-0.1, -0.05) is 60.7 Å². The second-order valence-corrected chi connectivity index (χ2v) is 8.89. The molecule has 0 amide bonds. The summed E-state index contributed by atoms with van der Waals surface area (Å²) in [6, 6.07) is 20.7. The molecule has 12 nitrogen and oxygen atoms in total. The van der Waals surface area contributed by atoms with Crippen molar-refractivity contribution in [3.63, 3.8) is 0 Å². The predicted molar refractivity (Wildman–Crippen MR) is 133 cm³/mol. The SMILES string of the molecule is O=[N+]([O-])c1ccc(N[C@H]2[C@@H](OCc3ccccc3)O[C@@H]3CO[C@@H](c4ccccc4)O[C@H]3[C@H]2O)c([N+](=O)[O-])c1. The van der Waals surface area contributed by atoms with Gasteiger partial charge in [0, 0.05) is 11.6 Å². The highest BCUT2D eigenvalue weighted by molar-refractivity contribution is 5.66. The summed E-state index contributed by atoms with van der Waals surface area (Å²) in [4.78, 5) is 21.4. The molecule has 2 heterocycles. The number of ether oxygens (including phenoxy) is 4. The van der Waals surface area contributed by atoms with Crippen molar-refractivity contribution in [3.8, 4) is 0 Å². The van der Waals surface area contributed by atoms with Crippen LogP contribution in [-0.2, 0) is 25.6 Å². The molecule has 2 aliphatic rings. The number of hydrogen-bond acceptors (Lipinski definition) is 10. The lowest BCUT2D eigenvalue weighted by Crippen LogP contribution is -2.64. The molecule has 0 saturated carbocycles. The Hall–Kier alpha value is -3.94. The van der Waals surface area contributed by atoms with E-state index in [1.54, 1.807) is 0 Å². The van der Waals surface area contributed by atoms with Gasteiger partial charge in [-0.05, 0) is 11.6 Å². The number of aliphatic hydroxyl groups excluding tert-OH is 1. The Morgan fingerprint density at radius 3 is 2.34 bits per heavy atom. The third-order valence-electron chi connectivity index (χ3n) is 6.41. The van der Waals surface area contributed by atoms with Gasteiger partial charge in [0.15, 0.2) is 12.6 Å². The van der Waals surface area contributed by atoms with Gasteiger partial charge >= 0.3 is 0 Å². The Morgan fingerprint density at radius 2 is 1.66 bits per heavy atom. The second kappa shape index (κ2) is 11.2. The Morgan fingerprint density at radius 1 is 0.947 bits per heavy atom. The van der Waals surface area contributed by atoms with Gasteiger partial charge in [0.25, 0.3) is 11.4 Å². The number of aliphatic hydroxyl groups is 1. The van der Waals surface area contributed by atoms with E-state index in [0.717, 1.165) is 23.3 Å². The summed E-state index contributed by atoms with van der Waals surface area (Å²) in [5, 5.41) is 37.3. The number of benzene rings is 3. The van der Waals surface area contributed by atoms with Gasteiger partial charge in [0.1, 0.15) is 30.0 Å². The first kappa shape index (κ1) is 25.7. The summed E-state index contributed by atoms with van der Waals surface area (Å²) < 4.78 is 24.1. The minimum Gasteiger partial charge on any atom is -0.388 e. The molecule has 0 unspecified atom stereocenters. The summed E-state index contributed by atoms with van der Waals surface area (Å²) >= 11 is 0. The summed E-state index contributed by atoms with van der Waals surface area (Å²) in [6.07, 6.45) is -4.55. The Bertz CT molecular complexity index is 1280. The van der Waals surface area contributed by atoms with Crippen LogP contribution in [0.5, 0.6) is 0 Å². The van der Waals surface area contributed by atoms with Gasteiger partial charge in [-0.3, -0.25) is 20.2 Å². The number of anilines is 1. The average Bonchev–Trinajstić information content (AvgIpc) is 2.94. The molecule has 6 atom stereocenters. The Balaban J connectivity index is 1.42. The number of non-ortho nitro benzene ring substituents is 1. The number of nitro benzene ring substituents is 2. The number of nitrogens with zero attached hydrogens (tertiary/aromatic N) is 2. The van der Waals surface area contributed by atoms with Crippen LogP contribution in [0.15, 0.2) is 78.9 Å². The molecular weight excluding hydrogens is 498 g/mol. The maximum absolute atomic E-state index is 11.7. The van der Waals surface area contributed by atoms with Crippen molar-refractivity contribution < 1.29 is 33.9 Å². The highest BCUT2D eigenvalue weighted by atomic mass is 16.7. The van der Waals surface area contributed by atoms with Gasteiger partial charge in [0.05, 0.1) is 29.1 Å². The van der Waals surface area contributed by atoms with Crippen molar-refractivity contribution in [2.45, 2.75) is 43.5 Å². The first-order valence-electron chi connectivity index (χ1n) is 11.9. The Kier molecular flexibility index (Phi) is 7.58. The summed E-state index contributed by atoms with van der Waals surface area (Å²) in [7, 11) is 0. The number of fused-ring (bicyclic) bond motifs is 1. The van der Waals surface area contributed by atoms with Crippen LogP contribution in [-0.4, -0.2) is 52.2 Å². The van der Waals surface area contributed by atoms with Gasteiger partial charge in [-0.2, -0.15) is 0 Å². The Labute approximate surface area is 217 Å². The molecule has 2 fully saturated rings. The van der Waals surface area contributed by atoms with E-state index in [-0.39, 0.29) is 18.9 Å². The number of nitrogens with one attached hydrogen (secondary N) is 1. The monoisotopic (exact) mass is 523 g/mol. The predicted octanol–water partition coefficient (Wildman–Crippen LogP) is 3.70. The fraction of sp³-hybridized carbons (Fsp3) is 0.308. The number of rotatable bonds is 8. The first-order chi connectivity index (χ1) is 18.4. The lowest BCUT2D eigenvalue weighted by atomic mass is 9.95. The standard InChI is InChI=1S/C26H25N3O9/c30-23-22(27-19-12-11-18(28(31)32)13-20(19)29(33)34)26(35-14-16-7-3-1-4-8-16)37-21-15-36-25(38-24(21)23)17-9-5-2-6-10-17/h1-13,21-27,30H,14-15H2/t21-,22-,23+,24-,25-,26+/m1/s1. The molecule has 2 saturated heterocycles. The second-order valence-electron chi connectivity index (χ2n) is 8.89. The summed E-state index contributed by atoms with van der Waals surface area (Å²) in [5.74, 6) is 0. The molecule has 38 heavy (non-hydrogen) atoms. The van der Waals surface area contributed by atoms with Crippen LogP contribution in [0, 0.1) is 20.2 Å². The van der Waals surface area contributed by atoms with Crippen molar-refractivity contribution in [3.05, 3.63) is 110 Å². The lowest BCUT2D eigenvalue weighted by Gasteiger charge is -2.48.